The lowest BCUT2D eigenvalue weighted by molar-refractivity contribution is -0.383. The summed E-state index contributed by atoms with van der Waals surface area (Å²) in [5, 5.41) is 10.8. The first kappa shape index (κ1) is 16.5. The van der Waals surface area contributed by atoms with E-state index < -0.39 is 14.9 Å². The van der Waals surface area contributed by atoms with Crippen molar-refractivity contribution in [1.82, 2.24) is 4.72 Å². The second kappa shape index (κ2) is 6.92. The van der Waals surface area contributed by atoms with Crippen molar-refractivity contribution in [2.75, 3.05) is 23.5 Å². The molecule has 1 aliphatic rings. The molecule has 0 spiro atoms. The van der Waals surface area contributed by atoms with E-state index in [1.165, 1.54) is 0 Å². The van der Waals surface area contributed by atoms with E-state index in [1.807, 2.05) is 11.8 Å². The van der Waals surface area contributed by atoms with Gasteiger partial charge in [-0.3, -0.25) is 10.1 Å². The number of nitrogens with zero attached hydrogens (tertiary/aromatic N) is 1. The molecule has 1 aliphatic heterocycles. The number of thiophene rings is 1. The number of hydrogen-bond acceptors (Lipinski definition) is 8. The highest BCUT2D eigenvalue weighted by molar-refractivity contribution is 7.99. The molecule has 2 rings (SSSR count). The van der Waals surface area contributed by atoms with Gasteiger partial charge in [0, 0.05) is 12.6 Å². The third-order valence-corrected chi connectivity index (χ3v) is 7.19. The fourth-order valence-corrected chi connectivity index (χ4v) is 5.58. The van der Waals surface area contributed by atoms with E-state index in [-0.39, 0.29) is 14.9 Å². The van der Waals surface area contributed by atoms with E-state index >= 15 is 0 Å². The fraction of sp³-hybridized carbons (Fsp3) is 0.600. The van der Waals surface area contributed by atoms with E-state index in [4.69, 9.17) is 5.84 Å². The Morgan fingerprint density at radius 2 is 2.10 bits per heavy atom. The first-order valence-corrected chi connectivity index (χ1v) is 9.71. The molecule has 2 heterocycles. The molecule has 0 unspecified atom stereocenters. The molecule has 0 atom stereocenters. The summed E-state index contributed by atoms with van der Waals surface area (Å²) in [4.78, 5) is 10.2. The predicted molar refractivity (Wildman–Crippen MR) is 84.0 cm³/mol. The normalized spacial score (nSPS) is 16.8. The zero-order valence-corrected chi connectivity index (χ0v) is 13.5. The number of nitrogens with two attached hydrogens (primary N) is 1. The van der Waals surface area contributed by atoms with Gasteiger partial charge in [0.2, 0.25) is 10.0 Å². The molecule has 4 N–H and O–H groups in total. The first-order valence-electron chi connectivity index (χ1n) is 6.26. The lowest BCUT2D eigenvalue weighted by atomic mass is 10.0. The van der Waals surface area contributed by atoms with Gasteiger partial charge in [-0.25, -0.2) is 19.0 Å². The van der Waals surface area contributed by atoms with Crippen LogP contribution in [0, 0.1) is 16.0 Å². The maximum atomic E-state index is 12.2. The van der Waals surface area contributed by atoms with Crippen LogP contribution in [0.3, 0.4) is 0 Å². The molecule has 0 amide bonds. The monoisotopic (exact) mass is 352 g/mol. The van der Waals surface area contributed by atoms with E-state index in [0.29, 0.717) is 12.5 Å². The Morgan fingerprint density at radius 3 is 2.62 bits per heavy atom. The standard InChI is InChI=1S/C10H16N4O4S3/c11-13-10-8(14(15)16)5-9(20-10)21(17,18)12-6-7-1-3-19-4-2-7/h5,7,12-13H,1-4,6,11H2. The number of hydrazine groups is 1. The van der Waals surface area contributed by atoms with Crippen molar-refractivity contribution in [3.63, 3.8) is 0 Å². The topological polar surface area (TPSA) is 127 Å². The van der Waals surface area contributed by atoms with Crippen LogP contribution in [0.25, 0.3) is 0 Å². The number of nitro groups is 1. The maximum absolute atomic E-state index is 12.2. The van der Waals surface area contributed by atoms with Gasteiger partial charge in [-0.15, -0.1) is 0 Å². The molecule has 1 aromatic heterocycles. The second-order valence-corrected chi connectivity index (χ2v) is 8.86. The molecule has 0 radical (unpaired) electrons. The van der Waals surface area contributed by atoms with Crippen molar-refractivity contribution >= 4 is 43.8 Å². The van der Waals surface area contributed by atoms with Gasteiger partial charge >= 0.3 is 5.69 Å². The molecule has 1 fully saturated rings. The minimum Gasteiger partial charge on any atom is -0.310 e. The van der Waals surface area contributed by atoms with Gasteiger partial charge < -0.3 is 5.43 Å². The summed E-state index contributed by atoms with van der Waals surface area (Å²) >= 11 is 2.62. The summed E-state index contributed by atoms with van der Waals surface area (Å²) in [5.41, 5.74) is 1.82. The number of nitrogens with one attached hydrogen (secondary N) is 2. The number of anilines is 1. The van der Waals surface area contributed by atoms with Crippen LogP contribution in [0.5, 0.6) is 0 Å². The van der Waals surface area contributed by atoms with Crippen molar-refractivity contribution in [2.24, 2.45) is 11.8 Å². The summed E-state index contributed by atoms with van der Waals surface area (Å²) in [6.45, 7) is 0.361. The Kier molecular flexibility index (Phi) is 5.43. The predicted octanol–water partition coefficient (Wildman–Crippen LogP) is 1.36. The van der Waals surface area contributed by atoms with Crippen molar-refractivity contribution in [2.45, 2.75) is 17.1 Å². The molecule has 118 valence electrons. The number of thioether (sulfide) groups is 1. The van der Waals surface area contributed by atoms with Crippen LogP contribution in [0.2, 0.25) is 0 Å². The highest BCUT2D eigenvalue weighted by Crippen LogP contribution is 2.36. The molecule has 0 bridgehead atoms. The van der Waals surface area contributed by atoms with Crippen molar-refractivity contribution in [1.29, 1.82) is 0 Å². The lowest BCUT2D eigenvalue weighted by Gasteiger charge is -2.21. The largest absolute Gasteiger partial charge is 0.310 e. The van der Waals surface area contributed by atoms with Crippen LogP contribution < -0.4 is 16.0 Å². The van der Waals surface area contributed by atoms with Gasteiger partial charge in [0.1, 0.15) is 4.21 Å². The van der Waals surface area contributed by atoms with E-state index in [2.05, 4.69) is 10.1 Å². The van der Waals surface area contributed by atoms with Gasteiger partial charge in [-0.05, 0) is 30.3 Å². The molecule has 0 aromatic carbocycles. The van der Waals surface area contributed by atoms with Crippen molar-refractivity contribution in [3.8, 4) is 0 Å². The molecule has 21 heavy (non-hydrogen) atoms. The Morgan fingerprint density at radius 1 is 1.43 bits per heavy atom. The number of hydrogen-bond donors (Lipinski definition) is 3. The van der Waals surface area contributed by atoms with Gasteiger partial charge in [0.15, 0.2) is 5.00 Å². The Hall–Kier alpha value is -0.880. The third-order valence-electron chi connectivity index (χ3n) is 3.19. The van der Waals surface area contributed by atoms with Crippen LogP contribution in [0.4, 0.5) is 10.7 Å². The zero-order valence-electron chi connectivity index (χ0n) is 11.1. The third kappa shape index (κ3) is 4.07. The quantitative estimate of drug-likeness (QED) is 0.401. The minimum atomic E-state index is -3.74. The molecular formula is C10H16N4O4S3. The zero-order chi connectivity index (χ0) is 15.5. The fourth-order valence-electron chi connectivity index (χ4n) is 1.98. The van der Waals surface area contributed by atoms with Gasteiger partial charge in [0.25, 0.3) is 0 Å². The van der Waals surface area contributed by atoms with E-state index in [9.17, 15) is 18.5 Å². The molecular weight excluding hydrogens is 336 g/mol. The Balaban J connectivity index is 2.09. The second-order valence-electron chi connectivity index (χ2n) is 4.59. The molecule has 8 nitrogen and oxygen atoms in total. The van der Waals surface area contributed by atoms with Crippen LogP contribution in [-0.2, 0) is 10.0 Å². The molecule has 1 aromatic rings. The van der Waals surface area contributed by atoms with Gasteiger partial charge in [-0.1, -0.05) is 11.3 Å². The van der Waals surface area contributed by atoms with E-state index in [0.717, 1.165) is 41.8 Å². The maximum Gasteiger partial charge on any atom is 0.306 e. The summed E-state index contributed by atoms with van der Waals surface area (Å²) in [7, 11) is -3.74. The van der Waals surface area contributed by atoms with Crippen LogP contribution in [0.1, 0.15) is 12.8 Å². The number of nitrogen functional groups attached to an aromatic ring is 1. The summed E-state index contributed by atoms with van der Waals surface area (Å²) in [6, 6.07) is 1.03. The Labute approximate surface area is 130 Å². The molecule has 0 saturated carbocycles. The highest BCUT2D eigenvalue weighted by atomic mass is 32.2. The van der Waals surface area contributed by atoms with Gasteiger partial charge in [0.05, 0.1) is 4.92 Å². The van der Waals surface area contributed by atoms with E-state index in [1.54, 1.807) is 0 Å². The average Bonchev–Trinajstić information content (AvgIpc) is 2.92. The Bertz CT molecular complexity index is 610. The summed E-state index contributed by atoms with van der Waals surface area (Å²) in [6.07, 6.45) is 1.96. The van der Waals surface area contributed by atoms with Gasteiger partial charge in [-0.2, -0.15) is 11.8 Å². The number of sulfonamides is 1. The first-order chi connectivity index (χ1) is 9.94. The van der Waals surface area contributed by atoms with Crippen LogP contribution in [0.15, 0.2) is 10.3 Å². The summed E-state index contributed by atoms with van der Waals surface area (Å²) < 4.78 is 26.8. The van der Waals surface area contributed by atoms with Crippen molar-refractivity contribution < 1.29 is 13.3 Å². The smallest absolute Gasteiger partial charge is 0.306 e. The highest BCUT2D eigenvalue weighted by Gasteiger charge is 2.26. The van der Waals surface area contributed by atoms with Crippen molar-refractivity contribution in [3.05, 3.63) is 16.2 Å². The molecule has 11 heteroatoms. The number of rotatable bonds is 6. The van der Waals surface area contributed by atoms with Crippen LogP contribution >= 0.6 is 23.1 Å². The lowest BCUT2D eigenvalue weighted by Crippen LogP contribution is -2.30. The van der Waals surface area contributed by atoms with Crippen LogP contribution in [-0.4, -0.2) is 31.4 Å². The SMILES string of the molecule is NNc1sc(S(=O)(=O)NCC2CCSCC2)cc1[N+](=O)[O-]. The molecule has 1 saturated heterocycles. The average molecular weight is 352 g/mol. The molecule has 0 aliphatic carbocycles. The summed E-state index contributed by atoms with van der Waals surface area (Å²) in [5.74, 6) is 7.58. The minimum absolute atomic E-state index is 0.0226.